The molecular formula is C14H14F2N2O. The van der Waals surface area contributed by atoms with Crippen LogP contribution in [0, 0.1) is 6.92 Å². The number of nitrogens with one attached hydrogen (secondary N) is 1. The summed E-state index contributed by atoms with van der Waals surface area (Å²) in [5.41, 5.74) is 8.56. The summed E-state index contributed by atoms with van der Waals surface area (Å²) in [6.45, 7) is -0.974. The van der Waals surface area contributed by atoms with Gasteiger partial charge in [0, 0.05) is 11.4 Å². The fraction of sp³-hybridized carbons (Fsp3) is 0.143. The van der Waals surface area contributed by atoms with Crippen LogP contribution in [0.3, 0.4) is 0 Å². The number of hydrogen-bond donors (Lipinski definition) is 2. The first kappa shape index (κ1) is 13.1. The minimum absolute atomic E-state index is 0.104. The van der Waals surface area contributed by atoms with Crippen molar-refractivity contribution in [3.05, 3.63) is 48.0 Å². The third-order valence-electron chi connectivity index (χ3n) is 2.65. The molecular weight excluding hydrogens is 250 g/mol. The second-order valence-corrected chi connectivity index (χ2v) is 4.07. The molecule has 100 valence electrons. The molecule has 0 aliphatic heterocycles. The van der Waals surface area contributed by atoms with E-state index in [1.807, 2.05) is 13.0 Å². The van der Waals surface area contributed by atoms with E-state index in [4.69, 9.17) is 5.73 Å². The van der Waals surface area contributed by atoms with Crippen molar-refractivity contribution in [3.63, 3.8) is 0 Å². The molecule has 0 bridgehead atoms. The zero-order chi connectivity index (χ0) is 13.8. The molecule has 0 aliphatic carbocycles. The van der Waals surface area contributed by atoms with E-state index < -0.39 is 6.61 Å². The van der Waals surface area contributed by atoms with Gasteiger partial charge in [0.2, 0.25) is 0 Å². The number of halogens is 2. The predicted octanol–water partition coefficient (Wildman–Crippen LogP) is 3.92. The Hall–Kier alpha value is -2.30. The van der Waals surface area contributed by atoms with Gasteiger partial charge in [0.15, 0.2) is 0 Å². The number of alkyl halides is 2. The van der Waals surface area contributed by atoms with E-state index in [0.717, 1.165) is 11.3 Å². The zero-order valence-corrected chi connectivity index (χ0v) is 10.4. The third-order valence-corrected chi connectivity index (χ3v) is 2.65. The van der Waals surface area contributed by atoms with Gasteiger partial charge in [0.05, 0.1) is 5.69 Å². The van der Waals surface area contributed by atoms with Crippen molar-refractivity contribution in [2.24, 2.45) is 0 Å². The average Bonchev–Trinajstić information content (AvgIpc) is 2.36. The van der Waals surface area contributed by atoms with Crippen molar-refractivity contribution >= 4 is 17.1 Å². The van der Waals surface area contributed by atoms with Crippen LogP contribution < -0.4 is 15.8 Å². The Kier molecular flexibility index (Phi) is 3.85. The lowest BCUT2D eigenvalue weighted by molar-refractivity contribution is -0.0493. The molecule has 0 radical (unpaired) electrons. The first-order valence-corrected chi connectivity index (χ1v) is 5.73. The maximum absolute atomic E-state index is 12.3. The maximum atomic E-state index is 12.3. The van der Waals surface area contributed by atoms with Gasteiger partial charge >= 0.3 is 6.61 Å². The van der Waals surface area contributed by atoms with Gasteiger partial charge in [-0.15, -0.1) is 0 Å². The summed E-state index contributed by atoms with van der Waals surface area (Å²) in [5.74, 6) is 0.104. The van der Waals surface area contributed by atoms with Gasteiger partial charge in [-0.05, 0) is 42.8 Å². The lowest BCUT2D eigenvalue weighted by atomic mass is 10.2. The first-order valence-electron chi connectivity index (χ1n) is 5.73. The molecule has 2 aromatic rings. The number of ether oxygens (including phenoxy) is 1. The monoisotopic (exact) mass is 264 g/mol. The highest BCUT2D eigenvalue weighted by Crippen LogP contribution is 2.29. The molecule has 0 heterocycles. The Bertz CT molecular complexity index is 573. The Morgan fingerprint density at radius 2 is 1.89 bits per heavy atom. The molecule has 0 aliphatic rings. The Morgan fingerprint density at radius 3 is 2.58 bits per heavy atom. The largest absolute Gasteiger partial charge is 0.433 e. The Labute approximate surface area is 110 Å². The van der Waals surface area contributed by atoms with Crippen LogP contribution in [0.25, 0.3) is 0 Å². The van der Waals surface area contributed by atoms with Crippen LogP contribution in [0.4, 0.5) is 25.8 Å². The number of hydrogen-bond acceptors (Lipinski definition) is 3. The van der Waals surface area contributed by atoms with Gasteiger partial charge in [-0.1, -0.05) is 12.1 Å². The smallest absolute Gasteiger partial charge is 0.387 e. The van der Waals surface area contributed by atoms with Gasteiger partial charge in [-0.2, -0.15) is 8.78 Å². The number of nitrogens with two attached hydrogens (primary N) is 1. The van der Waals surface area contributed by atoms with Gasteiger partial charge in [0.1, 0.15) is 5.75 Å². The fourth-order valence-electron chi connectivity index (χ4n) is 1.68. The summed E-state index contributed by atoms with van der Waals surface area (Å²) in [5, 5.41) is 3.03. The van der Waals surface area contributed by atoms with Gasteiger partial charge in [-0.3, -0.25) is 0 Å². The minimum atomic E-state index is -2.85. The molecule has 3 N–H and O–H groups in total. The van der Waals surface area contributed by atoms with E-state index in [0.29, 0.717) is 11.4 Å². The number of nitrogen functional groups attached to an aromatic ring is 1. The van der Waals surface area contributed by atoms with Crippen molar-refractivity contribution in [2.75, 3.05) is 11.1 Å². The molecule has 0 atom stereocenters. The molecule has 0 saturated carbocycles. The molecule has 2 rings (SSSR count). The van der Waals surface area contributed by atoms with Gasteiger partial charge in [-0.25, -0.2) is 0 Å². The van der Waals surface area contributed by atoms with Crippen LogP contribution in [0.2, 0.25) is 0 Å². The predicted molar refractivity (Wildman–Crippen MR) is 71.9 cm³/mol. The molecule has 19 heavy (non-hydrogen) atoms. The molecule has 0 fully saturated rings. The topological polar surface area (TPSA) is 47.3 Å². The van der Waals surface area contributed by atoms with E-state index in [1.54, 1.807) is 30.3 Å². The second kappa shape index (κ2) is 5.56. The van der Waals surface area contributed by atoms with Crippen molar-refractivity contribution in [1.82, 2.24) is 0 Å². The molecule has 2 aromatic carbocycles. The summed E-state index contributed by atoms with van der Waals surface area (Å²) in [4.78, 5) is 0. The number of benzene rings is 2. The lowest BCUT2D eigenvalue weighted by Crippen LogP contribution is -2.04. The van der Waals surface area contributed by atoms with Gasteiger partial charge < -0.3 is 15.8 Å². The van der Waals surface area contributed by atoms with Crippen LogP contribution in [-0.2, 0) is 0 Å². The highest BCUT2D eigenvalue weighted by Gasteiger charge is 2.09. The summed E-state index contributed by atoms with van der Waals surface area (Å²) in [7, 11) is 0. The second-order valence-electron chi connectivity index (χ2n) is 4.07. The normalized spacial score (nSPS) is 10.5. The number of anilines is 3. The number of rotatable bonds is 4. The summed E-state index contributed by atoms with van der Waals surface area (Å²) in [6.07, 6.45) is 0. The van der Waals surface area contributed by atoms with E-state index in [9.17, 15) is 8.78 Å². The molecule has 3 nitrogen and oxygen atoms in total. The van der Waals surface area contributed by atoms with Crippen molar-refractivity contribution in [1.29, 1.82) is 0 Å². The molecule has 0 unspecified atom stereocenters. The van der Waals surface area contributed by atoms with Crippen LogP contribution in [-0.4, -0.2) is 6.61 Å². The zero-order valence-electron chi connectivity index (χ0n) is 10.4. The summed E-state index contributed by atoms with van der Waals surface area (Å²) < 4.78 is 29.0. The van der Waals surface area contributed by atoms with Crippen molar-refractivity contribution < 1.29 is 13.5 Å². The standard InChI is InChI=1S/C14H14F2N2O/c1-9-8-10(6-7-11(9)17)18-12-4-2-3-5-13(12)19-14(15)16/h2-8,14,18H,17H2,1H3. The summed E-state index contributed by atoms with van der Waals surface area (Å²) >= 11 is 0. The SMILES string of the molecule is Cc1cc(Nc2ccccc2OC(F)F)ccc1N. The highest BCUT2D eigenvalue weighted by atomic mass is 19.3. The van der Waals surface area contributed by atoms with E-state index in [-0.39, 0.29) is 5.75 Å². The summed E-state index contributed by atoms with van der Waals surface area (Å²) in [6, 6.07) is 11.9. The quantitative estimate of drug-likeness (QED) is 0.823. The highest BCUT2D eigenvalue weighted by molar-refractivity contribution is 5.68. The fourth-order valence-corrected chi connectivity index (χ4v) is 1.68. The van der Waals surface area contributed by atoms with Crippen LogP contribution in [0.15, 0.2) is 42.5 Å². The molecule has 0 aromatic heterocycles. The average molecular weight is 264 g/mol. The van der Waals surface area contributed by atoms with Crippen molar-refractivity contribution in [3.8, 4) is 5.75 Å². The molecule has 0 spiro atoms. The minimum Gasteiger partial charge on any atom is -0.433 e. The lowest BCUT2D eigenvalue weighted by Gasteiger charge is -2.13. The first-order chi connectivity index (χ1) is 9.06. The molecule has 5 heteroatoms. The van der Waals surface area contributed by atoms with Crippen molar-refractivity contribution in [2.45, 2.75) is 13.5 Å². The number of aryl methyl sites for hydroxylation is 1. The molecule has 0 saturated heterocycles. The Balaban J connectivity index is 2.25. The van der Waals surface area contributed by atoms with Crippen LogP contribution in [0.1, 0.15) is 5.56 Å². The van der Waals surface area contributed by atoms with Crippen LogP contribution in [0.5, 0.6) is 5.75 Å². The van der Waals surface area contributed by atoms with E-state index >= 15 is 0 Å². The Morgan fingerprint density at radius 1 is 1.16 bits per heavy atom. The van der Waals surface area contributed by atoms with Crippen LogP contribution >= 0.6 is 0 Å². The molecule has 0 amide bonds. The van der Waals surface area contributed by atoms with Gasteiger partial charge in [0.25, 0.3) is 0 Å². The van der Waals surface area contributed by atoms with E-state index in [1.165, 1.54) is 6.07 Å². The number of para-hydroxylation sites is 2. The van der Waals surface area contributed by atoms with E-state index in [2.05, 4.69) is 10.1 Å². The third kappa shape index (κ3) is 3.34. The maximum Gasteiger partial charge on any atom is 0.387 e.